The molecule has 1 atom stereocenters. The normalized spacial score (nSPS) is 12.0. The van der Waals surface area contributed by atoms with E-state index in [1.165, 1.54) is 18.4 Å². The lowest BCUT2D eigenvalue weighted by Crippen LogP contribution is -2.06. The van der Waals surface area contributed by atoms with Crippen molar-refractivity contribution >= 4 is 34.0 Å². The fourth-order valence-corrected chi connectivity index (χ4v) is 3.10. The minimum absolute atomic E-state index is 0.000234. The van der Waals surface area contributed by atoms with Crippen molar-refractivity contribution in [3.63, 3.8) is 0 Å². The van der Waals surface area contributed by atoms with Crippen molar-refractivity contribution in [3.05, 3.63) is 45.4 Å². The lowest BCUT2D eigenvalue weighted by atomic mass is 10.1. The number of hydrogen-bond donors (Lipinski definition) is 1. The first kappa shape index (κ1) is 14.8. The summed E-state index contributed by atoms with van der Waals surface area (Å²) in [7, 11) is 1.36. The van der Waals surface area contributed by atoms with Gasteiger partial charge < -0.3 is 10.1 Å². The van der Waals surface area contributed by atoms with E-state index in [1.54, 1.807) is 6.92 Å². The highest BCUT2D eigenvalue weighted by atomic mass is 35.5. The molecule has 0 fully saturated rings. The standard InChI is InChI=1S/C14H15ClN2O2S/c1-8(10-6-4-5-7-11(10)15)16-14-17-9(2)12(20-14)13(18)19-3/h4-8H,1-3H3,(H,16,17). The largest absolute Gasteiger partial charge is 0.465 e. The van der Waals surface area contributed by atoms with Crippen molar-refractivity contribution in [2.75, 3.05) is 12.4 Å². The van der Waals surface area contributed by atoms with Crippen LogP contribution in [-0.4, -0.2) is 18.1 Å². The van der Waals surface area contributed by atoms with Crippen LogP contribution in [0.5, 0.6) is 0 Å². The molecule has 0 amide bonds. The number of anilines is 1. The molecule has 0 saturated heterocycles. The van der Waals surface area contributed by atoms with Crippen LogP contribution < -0.4 is 5.32 Å². The summed E-state index contributed by atoms with van der Waals surface area (Å²) in [5.41, 5.74) is 1.65. The second kappa shape index (κ2) is 6.24. The molecule has 0 radical (unpaired) electrons. The molecule has 0 aliphatic carbocycles. The molecule has 1 heterocycles. The molecule has 0 aliphatic heterocycles. The average Bonchev–Trinajstić information content (AvgIpc) is 2.79. The fraction of sp³-hybridized carbons (Fsp3) is 0.286. The summed E-state index contributed by atoms with van der Waals surface area (Å²) in [4.78, 5) is 16.4. The van der Waals surface area contributed by atoms with Crippen LogP contribution in [-0.2, 0) is 4.74 Å². The summed E-state index contributed by atoms with van der Waals surface area (Å²) in [6, 6.07) is 7.64. The zero-order chi connectivity index (χ0) is 14.7. The first-order chi connectivity index (χ1) is 9.52. The van der Waals surface area contributed by atoms with Gasteiger partial charge >= 0.3 is 5.97 Å². The second-order valence-electron chi connectivity index (χ2n) is 4.31. The van der Waals surface area contributed by atoms with Crippen molar-refractivity contribution in [1.82, 2.24) is 4.98 Å². The number of aryl methyl sites for hydroxylation is 1. The number of halogens is 1. The van der Waals surface area contributed by atoms with E-state index in [-0.39, 0.29) is 12.0 Å². The number of benzene rings is 1. The number of ether oxygens (including phenoxy) is 1. The monoisotopic (exact) mass is 310 g/mol. The molecule has 2 aromatic rings. The number of hydrogen-bond acceptors (Lipinski definition) is 5. The highest BCUT2D eigenvalue weighted by Crippen LogP contribution is 2.29. The Bertz CT molecular complexity index is 627. The highest BCUT2D eigenvalue weighted by Gasteiger charge is 2.17. The minimum Gasteiger partial charge on any atom is -0.465 e. The zero-order valence-corrected chi connectivity index (χ0v) is 13.0. The van der Waals surface area contributed by atoms with Crippen molar-refractivity contribution in [1.29, 1.82) is 0 Å². The lowest BCUT2D eigenvalue weighted by Gasteiger charge is -2.14. The molecule has 0 spiro atoms. The van der Waals surface area contributed by atoms with Crippen LogP contribution in [0.25, 0.3) is 0 Å². The Hall–Kier alpha value is -1.59. The number of carbonyl (C=O) groups excluding carboxylic acids is 1. The maximum atomic E-state index is 11.6. The van der Waals surface area contributed by atoms with E-state index in [4.69, 9.17) is 16.3 Å². The topological polar surface area (TPSA) is 51.2 Å². The Labute approximate surface area is 126 Å². The van der Waals surface area contributed by atoms with Gasteiger partial charge in [0.05, 0.1) is 18.8 Å². The van der Waals surface area contributed by atoms with Crippen LogP contribution in [0, 0.1) is 6.92 Å². The van der Waals surface area contributed by atoms with Gasteiger partial charge in [-0.15, -0.1) is 0 Å². The number of nitrogens with one attached hydrogen (secondary N) is 1. The molecule has 1 unspecified atom stereocenters. The molecular formula is C14H15ClN2O2S. The Morgan fingerprint density at radius 1 is 1.45 bits per heavy atom. The molecule has 1 N–H and O–H groups in total. The van der Waals surface area contributed by atoms with Crippen molar-refractivity contribution < 1.29 is 9.53 Å². The van der Waals surface area contributed by atoms with Crippen LogP contribution in [0.4, 0.5) is 5.13 Å². The third kappa shape index (κ3) is 3.11. The van der Waals surface area contributed by atoms with E-state index >= 15 is 0 Å². The van der Waals surface area contributed by atoms with Crippen LogP contribution in [0.1, 0.15) is 33.9 Å². The van der Waals surface area contributed by atoms with Gasteiger partial charge in [-0.2, -0.15) is 0 Å². The van der Waals surface area contributed by atoms with E-state index in [9.17, 15) is 4.79 Å². The predicted octanol–water partition coefficient (Wildman–Crippen LogP) is 4.06. The molecule has 1 aromatic heterocycles. The molecule has 0 aliphatic rings. The summed E-state index contributed by atoms with van der Waals surface area (Å²) in [5.74, 6) is -0.363. The third-order valence-corrected chi connectivity index (χ3v) is 4.29. The van der Waals surface area contributed by atoms with Gasteiger partial charge in [0.25, 0.3) is 0 Å². The first-order valence-electron chi connectivity index (χ1n) is 6.09. The summed E-state index contributed by atoms with van der Waals surface area (Å²) >= 11 is 7.44. The number of nitrogens with zero attached hydrogens (tertiary/aromatic N) is 1. The van der Waals surface area contributed by atoms with Gasteiger partial charge in [0.1, 0.15) is 4.88 Å². The van der Waals surface area contributed by atoms with Gasteiger partial charge in [0.15, 0.2) is 5.13 Å². The Kier molecular flexibility index (Phi) is 4.62. The van der Waals surface area contributed by atoms with Gasteiger partial charge in [0, 0.05) is 5.02 Å². The van der Waals surface area contributed by atoms with Crippen molar-refractivity contribution in [2.24, 2.45) is 0 Å². The highest BCUT2D eigenvalue weighted by molar-refractivity contribution is 7.17. The van der Waals surface area contributed by atoms with Crippen LogP contribution >= 0.6 is 22.9 Å². The molecule has 106 valence electrons. The van der Waals surface area contributed by atoms with E-state index in [1.807, 2.05) is 31.2 Å². The number of thiazole rings is 1. The Morgan fingerprint density at radius 2 is 2.15 bits per heavy atom. The molecule has 20 heavy (non-hydrogen) atoms. The van der Waals surface area contributed by atoms with Gasteiger partial charge in [0.2, 0.25) is 0 Å². The predicted molar refractivity (Wildman–Crippen MR) is 81.7 cm³/mol. The number of aromatic nitrogens is 1. The van der Waals surface area contributed by atoms with Crippen LogP contribution in [0.3, 0.4) is 0 Å². The molecule has 0 bridgehead atoms. The van der Waals surface area contributed by atoms with E-state index in [2.05, 4.69) is 10.3 Å². The molecule has 2 rings (SSSR count). The summed E-state index contributed by atoms with van der Waals surface area (Å²) in [6.45, 7) is 3.78. The number of methoxy groups -OCH3 is 1. The average molecular weight is 311 g/mol. The Morgan fingerprint density at radius 3 is 2.80 bits per heavy atom. The quantitative estimate of drug-likeness (QED) is 0.865. The third-order valence-electron chi connectivity index (χ3n) is 2.88. The van der Waals surface area contributed by atoms with Crippen molar-refractivity contribution in [3.8, 4) is 0 Å². The molecule has 1 aromatic carbocycles. The minimum atomic E-state index is -0.363. The second-order valence-corrected chi connectivity index (χ2v) is 5.72. The molecule has 0 saturated carbocycles. The maximum Gasteiger partial charge on any atom is 0.350 e. The fourth-order valence-electron chi connectivity index (χ4n) is 1.83. The van der Waals surface area contributed by atoms with Crippen molar-refractivity contribution in [2.45, 2.75) is 19.9 Å². The Balaban J connectivity index is 2.18. The lowest BCUT2D eigenvalue weighted by molar-refractivity contribution is 0.0605. The van der Waals surface area contributed by atoms with Gasteiger partial charge in [-0.05, 0) is 25.5 Å². The summed E-state index contributed by atoms with van der Waals surface area (Å²) in [5, 5.41) is 4.63. The summed E-state index contributed by atoms with van der Waals surface area (Å²) < 4.78 is 4.72. The molecule has 4 nitrogen and oxygen atoms in total. The molecule has 6 heteroatoms. The van der Waals surface area contributed by atoms with E-state index < -0.39 is 0 Å². The van der Waals surface area contributed by atoms with E-state index in [0.29, 0.717) is 20.7 Å². The van der Waals surface area contributed by atoms with Crippen LogP contribution in [0.15, 0.2) is 24.3 Å². The first-order valence-corrected chi connectivity index (χ1v) is 7.29. The summed E-state index contributed by atoms with van der Waals surface area (Å²) in [6.07, 6.45) is 0. The van der Waals surface area contributed by atoms with Gasteiger partial charge in [-0.25, -0.2) is 9.78 Å². The SMILES string of the molecule is COC(=O)c1sc(NC(C)c2ccccc2Cl)nc1C. The zero-order valence-electron chi connectivity index (χ0n) is 11.4. The van der Waals surface area contributed by atoms with Gasteiger partial charge in [-0.3, -0.25) is 0 Å². The van der Waals surface area contributed by atoms with Crippen LogP contribution in [0.2, 0.25) is 5.02 Å². The van der Waals surface area contributed by atoms with E-state index in [0.717, 1.165) is 5.56 Å². The van der Waals surface area contributed by atoms with Gasteiger partial charge in [-0.1, -0.05) is 41.1 Å². The number of esters is 1. The number of carbonyl (C=O) groups is 1. The molecular weight excluding hydrogens is 296 g/mol. The number of rotatable bonds is 4. The smallest absolute Gasteiger partial charge is 0.350 e. The maximum absolute atomic E-state index is 11.6.